The summed E-state index contributed by atoms with van der Waals surface area (Å²) in [5, 5.41) is 14.6. The quantitative estimate of drug-likeness (QED) is 0.789. The molecule has 2 aromatic heterocycles. The molecule has 0 saturated heterocycles. The first-order valence-corrected chi connectivity index (χ1v) is 6.37. The molecule has 0 spiro atoms. The van der Waals surface area contributed by atoms with Gasteiger partial charge in [-0.05, 0) is 18.2 Å². The molecule has 1 aromatic carbocycles. The summed E-state index contributed by atoms with van der Waals surface area (Å²) in [6.07, 6.45) is 1.85. The van der Waals surface area contributed by atoms with Crippen LogP contribution in [0.4, 0.5) is 0 Å². The highest BCUT2D eigenvalue weighted by atomic mass is 35.5. The maximum absolute atomic E-state index is 11.0. The summed E-state index contributed by atoms with van der Waals surface area (Å²) in [5.41, 5.74) is 2.68. The van der Waals surface area contributed by atoms with E-state index in [0.29, 0.717) is 5.02 Å². The topological polar surface area (TPSA) is 60.1 Å². The summed E-state index contributed by atoms with van der Waals surface area (Å²) < 4.78 is 3.51. The molecule has 3 aromatic rings. The number of carboxylic acid groups (broad SMARTS) is 1. The van der Waals surface area contributed by atoms with Crippen LogP contribution in [-0.4, -0.2) is 25.4 Å². The number of carboxylic acids is 1. The lowest BCUT2D eigenvalue weighted by molar-refractivity contribution is 0.0689. The molecule has 20 heavy (non-hydrogen) atoms. The van der Waals surface area contributed by atoms with E-state index in [-0.39, 0.29) is 5.69 Å². The number of hydrogen-bond donors (Lipinski definition) is 1. The van der Waals surface area contributed by atoms with E-state index in [1.165, 1.54) is 0 Å². The van der Waals surface area contributed by atoms with Gasteiger partial charge in [-0.3, -0.25) is 4.68 Å². The van der Waals surface area contributed by atoms with E-state index in [2.05, 4.69) is 5.10 Å². The van der Waals surface area contributed by atoms with Gasteiger partial charge in [-0.25, -0.2) is 4.79 Å². The second kappa shape index (κ2) is 4.38. The number of carbonyl (C=O) groups is 1. The minimum Gasteiger partial charge on any atom is -0.476 e. The SMILES string of the molecule is Cn1nc(C(=O)O)cc1-c1ccc2c(c1)c(Cl)cn2C. The standard InChI is InChI=1S/C14H12ClN3O2/c1-17-7-10(15)9-5-8(3-4-12(9)17)13-6-11(14(19)20)16-18(13)2/h3-7H,1-2H3,(H,19,20). The average molecular weight is 290 g/mol. The van der Waals surface area contributed by atoms with Crippen molar-refractivity contribution >= 4 is 28.5 Å². The predicted molar refractivity (Wildman–Crippen MR) is 77.1 cm³/mol. The van der Waals surface area contributed by atoms with Gasteiger partial charge < -0.3 is 9.67 Å². The Morgan fingerprint density at radius 3 is 2.70 bits per heavy atom. The zero-order valence-electron chi connectivity index (χ0n) is 11.0. The minimum absolute atomic E-state index is 0.0294. The van der Waals surface area contributed by atoms with Crippen molar-refractivity contribution in [3.63, 3.8) is 0 Å². The van der Waals surface area contributed by atoms with Gasteiger partial charge in [-0.1, -0.05) is 17.7 Å². The highest BCUT2D eigenvalue weighted by Gasteiger charge is 2.14. The number of benzene rings is 1. The second-order valence-corrected chi connectivity index (χ2v) is 5.07. The van der Waals surface area contributed by atoms with Gasteiger partial charge in [0.05, 0.1) is 10.7 Å². The first kappa shape index (κ1) is 12.7. The van der Waals surface area contributed by atoms with Crippen molar-refractivity contribution in [2.24, 2.45) is 14.1 Å². The third-order valence-electron chi connectivity index (χ3n) is 3.34. The number of halogens is 1. The maximum atomic E-state index is 11.0. The lowest BCUT2D eigenvalue weighted by Crippen LogP contribution is -1.99. The van der Waals surface area contributed by atoms with Crippen LogP contribution < -0.4 is 0 Å². The van der Waals surface area contributed by atoms with E-state index in [0.717, 1.165) is 22.2 Å². The number of nitrogens with zero attached hydrogens (tertiary/aromatic N) is 3. The maximum Gasteiger partial charge on any atom is 0.356 e. The molecule has 0 fully saturated rings. The van der Waals surface area contributed by atoms with Crippen LogP contribution in [0.3, 0.4) is 0 Å². The van der Waals surface area contributed by atoms with E-state index in [1.807, 2.05) is 36.0 Å². The van der Waals surface area contributed by atoms with Gasteiger partial charge in [0.25, 0.3) is 0 Å². The molecule has 3 rings (SSSR count). The van der Waals surface area contributed by atoms with Crippen LogP contribution in [0.2, 0.25) is 5.02 Å². The number of hydrogen-bond acceptors (Lipinski definition) is 2. The molecular formula is C14H12ClN3O2. The Kier molecular flexibility index (Phi) is 2.79. The lowest BCUT2D eigenvalue weighted by Gasteiger charge is -2.03. The first-order chi connectivity index (χ1) is 9.47. The zero-order valence-corrected chi connectivity index (χ0v) is 11.7. The number of aryl methyl sites for hydroxylation is 2. The van der Waals surface area contributed by atoms with Gasteiger partial charge in [-0.15, -0.1) is 0 Å². The largest absolute Gasteiger partial charge is 0.476 e. The van der Waals surface area contributed by atoms with Crippen LogP contribution in [-0.2, 0) is 14.1 Å². The van der Waals surface area contributed by atoms with Crippen LogP contribution in [0.1, 0.15) is 10.5 Å². The molecule has 0 aliphatic carbocycles. The first-order valence-electron chi connectivity index (χ1n) is 5.99. The Labute approximate surface area is 120 Å². The highest BCUT2D eigenvalue weighted by molar-refractivity contribution is 6.35. The van der Waals surface area contributed by atoms with E-state index >= 15 is 0 Å². The summed E-state index contributed by atoms with van der Waals surface area (Å²) in [5.74, 6) is -1.04. The van der Waals surface area contributed by atoms with Crippen LogP contribution in [0.5, 0.6) is 0 Å². The van der Waals surface area contributed by atoms with Gasteiger partial charge in [-0.2, -0.15) is 5.10 Å². The molecule has 0 bridgehead atoms. The molecule has 2 heterocycles. The molecule has 0 aliphatic heterocycles. The smallest absolute Gasteiger partial charge is 0.356 e. The van der Waals surface area contributed by atoms with Crippen LogP contribution in [0.25, 0.3) is 22.2 Å². The molecular weight excluding hydrogens is 278 g/mol. The van der Waals surface area contributed by atoms with Crippen molar-refractivity contribution in [1.29, 1.82) is 0 Å². The molecule has 6 heteroatoms. The monoisotopic (exact) mass is 289 g/mol. The molecule has 0 saturated carbocycles. The third-order valence-corrected chi connectivity index (χ3v) is 3.64. The predicted octanol–water partition coefficient (Wildman–Crippen LogP) is 2.93. The van der Waals surface area contributed by atoms with Crippen LogP contribution in [0.15, 0.2) is 30.5 Å². The van der Waals surface area contributed by atoms with Gasteiger partial charge in [0, 0.05) is 36.8 Å². The van der Waals surface area contributed by atoms with Gasteiger partial charge >= 0.3 is 5.97 Å². The molecule has 0 amide bonds. The molecule has 0 atom stereocenters. The van der Waals surface area contributed by atoms with Gasteiger partial charge in [0.15, 0.2) is 5.69 Å². The number of aromatic nitrogens is 3. The molecule has 0 unspecified atom stereocenters. The molecule has 102 valence electrons. The second-order valence-electron chi connectivity index (χ2n) is 4.66. The number of aromatic carboxylic acids is 1. The summed E-state index contributed by atoms with van der Waals surface area (Å²) >= 11 is 6.20. The van der Waals surface area contributed by atoms with E-state index in [9.17, 15) is 4.79 Å². The summed E-state index contributed by atoms with van der Waals surface area (Å²) in [7, 11) is 3.65. The van der Waals surface area contributed by atoms with Crippen molar-refractivity contribution in [1.82, 2.24) is 14.3 Å². The van der Waals surface area contributed by atoms with Gasteiger partial charge in [0.2, 0.25) is 0 Å². The van der Waals surface area contributed by atoms with Crippen molar-refractivity contribution in [3.8, 4) is 11.3 Å². The fourth-order valence-corrected chi connectivity index (χ4v) is 2.64. The fourth-order valence-electron chi connectivity index (χ4n) is 2.35. The van der Waals surface area contributed by atoms with E-state index in [1.54, 1.807) is 17.8 Å². The van der Waals surface area contributed by atoms with Gasteiger partial charge in [0.1, 0.15) is 0 Å². The molecule has 5 nitrogen and oxygen atoms in total. The van der Waals surface area contributed by atoms with Crippen LogP contribution >= 0.6 is 11.6 Å². The molecule has 0 radical (unpaired) electrons. The normalized spacial score (nSPS) is 11.2. The summed E-state index contributed by atoms with van der Waals surface area (Å²) in [6, 6.07) is 7.39. The summed E-state index contributed by atoms with van der Waals surface area (Å²) in [6.45, 7) is 0. The Morgan fingerprint density at radius 1 is 1.30 bits per heavy atom. The third kappa shape index (κ3) is 1.87. The Bertz CT molecular complexity index is 832. The Balaban J connectivity index is 2.19. The fraction of sp³-hybridized carbons (Fsp3) is 0.143. The van der Waals surface area contributed by atoms with Crippen molar-refractivity contribution in [2.45, 2.75) is 0 Å². The molecule has 0 aliphatic rings. The van der Waals surface area contributed by atoms with Crippen molar-refractivity contribution in [2.75, 3.05) is 0 Å². The van der Waals surface area contributed by atoms with Crippen LogP contribution in [0, 0.1) is 0 Å². The summed E-state index contributed by atoms with van der Waals surface area (Å²) in [4.78, 5) is 11.0. The zero-order chi connectivity index (χ0) is 14.4. The molecule has 1 N–H and O–H groups in total. The van der Waals surface area contributed by atoms with Crippen molar-refractivity contribution < 1.29 is 9.90 Å². The minimum atomic E-state index is -1.04. The van der Waals surface area contributed by atoms with E-state index < -0.39 is 5.97 Å². The Morgan fingerprint density at radius 2 is 2.05 bits per heavy atom. The van der Waals surface area contributed by atoms with Crippen molar-refractivity contribution in [3.05, 3.63) is 41.2 Å². The lowest BCUT2D eigenvalue weighted by atomic mass is 10.1. The number of rotatable bonds is 2. The average Bonchev–Trinajstić information content (AvgIpc) is 2.91. The highest BCUT2D eigenvalue weighted by Crippen LogP contribution is 2.30. The number of fused-ring (bicyclic) bond motifs is 1. The Hall–Kier alpha value is -2.27. The van der Waals surface area contributed by atoms with E-state index in [4.69, 9.17) is 16.7 Å².